The molecule has 0 N–H and O–H groups in total. The van der Waals surface area contributed by atoms with E-state index < -0.39 is 5.97 Å². The number of ketones is 1. The Hall–Kier alpha value is -4.33. The first-order valence-corrected chi connectivity index (χ1v) is 11.3. The molecule has 0 atom stereocenters. The van der Waals surface area contributed by atoms with Gasteiger partial charge in [-0.3, -0.25) is 4.79 Å². The fourth-order valence-electron chi connectivity index (χ4n) is 4.15. The maximum Gasteiger partial charge on any atom is 0.339 e. The maximum atomic E-state index is 13.2. The lowest BCUT2D eigenvalue weighted by Gasteiger charge is -2.15. The van der Waals surface area contributed by atoms with Crippen molar-refractivity contribution in [1.29, 1.82) is 0 Å². The van der Waals surface area contributed by atoms with E-state index in [2.05, 4.69) is 0 Å². The third-order valence-corrected chi connectivity index (χ3v) is 6.31. The first-order chi connectivity index (χ1) is 17.3. The molecule has 0 amide bonds. The number of carbonyl (C=O) groups is 2. The van der Waals surface area contributed by atoms with Crippen molar-refractivity contribution < 1.29 is 28.5 Å². The Morgan fingerprint density at radius 1 is 0.889 bits per heavy atom. The third-order valence-electron chi connectivity index (χ3n) is 6.31. The number of rotatable bonds is 8. The predicted molar refractivity (Wildman–Crippen MR) is 136 cm³/mol. The van der Waals surface area contributed by atoms with Crippen LogP contribution in [0.3, 0.4) is 0 Å². The molecular formula is C28H28N2O6. The van der Waals surface area contributed by atoms with Gasteiger partial charge in [0.1, 0.15) is 0 Å². The van der Waals surface area contributed by atoms with Crippen molar-refractivity contribution in [2.45, 2.75) is 13.8 Å². The summed E-state index contributed by atoms with van der Waals surface area (Å²) < 4.78 is 23.8. The Morgan fingerprint density at radius 2 is 1.56 bits per heavy atom. The highest BCUT2D eigenvalue weighted by molar-refractivity contribution is 6.06. The lowest BCUT2D eigenvalue weighted by molar-refractivity contribution is 0.0476. The van der Waals surface area contributed by atoms with Gasteiger partial charge in [-0.05, 0) is 44.2 Å². The van der Waals surface area contributed by atoms with Gasteiger partial charge in [0.05, 0.1) is 38.1 Å². The van der Waals surface area contributed by atoms with Crippen LogP contribution in [0.25, 0.3) is 22.2 Å². The van der Waals surface area contributed by atoms with Gasteiger partial charge in [0.25, 0.3) is 0 Å². The molecule has 4 aromatic rings. The molecule has 4 rings (SSSR count). The molecule has 0 saturated heterocycles. The number of carbonyl (C=O) groups excluding carboxylic acids is 2. The summed E-state index contributed by atoms with van der Waals surface area (Å²) in [5, 5.41) is 0.623. The van der Waals surface area contributed by atoms with Gasteiger partial charge in [0.15, 0.2) is 18.1 Å². The van der Waals surface area contributed by atoms with Crippen LogP contribution in [0.5, 0.6) is 17.2 Å². The quantitative estimate of drug-likeness (QED) is 0.257. The summed E-state index contributed by atoms with van der Waals surface area (Å²) in [6, 6.07) is 14.2. The van der Waals surface area contributed by atoms with E-state index in [-0.39, 0.29) is 12.4 Å². The molecule has 186 valence electrons. The molecule has 0 aliphatic heterocycles. The first-order valence-electron chi connectivity index (χ1n) is 11.3. The first kappa shape index (κ1) is 24.8. The van der Waals surface area contributed by atoms with Crippen LogP contribution in [0.1, 0.15) is 32.1 Å². The summed E-state index contributed by atoms with van der Waals surface area (Å²) in [5.74, 6) is 0.512. The van der Waals surface area contributed by atoms with E-state index >= 15 is 0 Å². The van der Waals surface area contributed by atoms with Crippen LogP contribution in [-0.4, -0.2) is 49.2 Å². The largest absolute Gasteiger partial charge is 0.493 e. The van der Waals surface area contributed by atoms with Crippen molar-refractivity contribution in [3.8, 4) is 28.5 Å². The summed E-state index contributed by atoms with van der Waals surface area (Å²) in [7, 11) is 6.48. The zero-order valence-corrected chi connectivity index (χ0v) is 21.2. The van der Waals surface area contributed by atoms with Crippen LogP contribution in [-0.2, 0) is 11.8 Å². The highest BCUT2D eigenvalue weighted by atomic mass is 16.5. The number of aryl methyl sites for hydroxylation is 1. The number of hydrogen-bond donors (Lipinski definition) is 0. The van der Waals surface area contributed by atoms with Crippen molar-refractivity contribution in [3.63, 3.8) is 0 Å². The molecule has 0 radical (unpaired) electrons. The second-order valence-electron chi connectivity index (χ2n) is 8.33. The average Bonchev–Trinajstić information content (AvgIpc) is 3.17. The minimum absolute atomic E-state index is 0.257. The zero-order valence-electron chi connectivity index (χ0n) is 21.2. The van der Waals surface area contributed by atoms with E-state index in [1.54, 1.807) is 30.3 Å². The lowest BCUT2D eigenvalue weighted by atomic mass is 10.0. The molecular weight excluding hydrogens is 460 g/mol. The molecule has 0 aliphatic rings. The van der Waals surface area contributed by atoms with Gasteiger partial charge in [0, 0.05) is 34.9 Å². The Labute approximate surface area is 209 Å². The van der Waals surface area contributed by atoms with Crippen molar-refractivity contribution in [3.05, 3.63) is 71.0 Å². The van der Waals surface area contributed by atoms with E-state index in [0.717, 1.165) is 11.4 Å². The van der Waals surface area contributed by atoms with Gasteiger partial charge in [-0.25, -0.2) is 9.78 Å². The topological polar surface area (TPSA) is 88.9 Å². The number of aromatic nitrogens is 2. The maximum absolute atomic E-state index is 13.2. The summed E-state index contributed by atoms with van der Waals surface area (Å²) >= 11 is 0. The molecule has 8 nitrogen and oxygen atoms in total. The van der Waals surface area contributed by atoms with Gasteiger partial charge < -0.3 is 23.5 Å². The number of para-hydroxylation sites is 1. The molecule has 2 aromatic carbocycles. The van der Waals surface area contributed by atoms with Crippen LogP contribution < -0.4 is 14.2 Å². The molecule has 2 aromatic heterocycles. The van der Waals surface area contributed by atoms with Crippen LogP contribution in [0.2, 0.25) is 0 Å². The zero-order chi connectivity index (χ0) is 26.0. The minimum atomic E-state index is -0.610. The summed E-state index contributed by atoms with van der Waals surface area (Å²) in [6.45, 7) is 3.42. The Balaban J connectivity index is 1.71. The highest BCUT2D eigenvalue weighted by Crippen LogP contribution is 2.41. The number of esters is 1. The molecule has 0 unspecified atom stereocenters. The summed E-state index contributed by atoms with van der Waals surface area (Å²) in [4.78, 5) is 30.7. The summed E-state index contributed by atoms with van der Waals surface area (Å²) in [5.41, 5.74) is 4.41. The van der Waals surface area contributed by atoms with E-state index in [4.69, 9.17) is 23.9 Å². The van der Waals surface area contributed by atoms with Crippen molar-refractivity contribution in [2.24, 2.45) is 7.05 Å². The number of nitrogens with zero attached hydrogens (tertiary/aromatic N) is 2. The number of hydrogen-bond acceptors (Lipinski definition) is 7. The molecule has 0 spiro atoms. The van der Waals surface area contributed by atoms with Gasteiger partial charge in [-0.2, -0.15) is 0 Å². The fourth-order valence-corrected chi connectivity index (χ4v) is 4.15. The van der Waals surface area contributed by atoms with Gasteiger partial charge in [-0.1, -0.05) is 18.2 Å². The molecule has 0 saturated carbocycles. The number of ether oxygens (including phenoxy) is 4. The number of methoxy groups -OCH3 is 3. The molecule has 8 heteroatoms. The number of pyridine rings is 1. The Bertz CT molecular complexity index is 1450. The van der Waals surface area contributed by atoms with Crippen LogP contribution >= 0.6 is 0 Å². The molecule has 0 fully saturated rings. The normalized spacial score (nSPS) is 10.8. The molecule has 0 aliphatic carbocycles. The minimum Gasteiger partial charge on any atom is -0.493 e. The number of benzene rings is 2. The van der Waals surface area contributed by atoms with Gasteiger partial charge in [-0.15, -0.1) is 0 Å². The SMILES string of the molecule is COc1cc(-c2cc(C(=O)OCC(=O)c3cc(C)n(C)c3C)c3ccccc3n2)cc(OC)c1OC. The Morgan fingerprint density at radius 3 is 2.14 bits per heavy atom. The van der Waals surface area contributed by atoms with E-state index in [0.29, 0.717) is 50.5 Å². The van der Waals surface area contributed by atoms with E-state index in [1.807, 2.05) is 43.7 Å². The van der Waals surface area contributed by atoms with Crippen LogP contribution in [0, 0.1) is 13.8 Å². The molecule has 36 heavy (non-hydrogen) atoms. The van der Waals surface area contributed by atoms with E-state index in [9.17, 15) is 9.59 Å². The smallest absolute Gasteiger partial charge is 0.339 e. The Kier molecular flexibility index (Phi) is 6.96. The number of Topliss-reactive ketones (excluding diaryl/α,β-unsaturated/α-hetero) is 1. The monoisotopic (exact) mass is 488 g/mol. The van der Waals surface area contributed by atoms with Crippen molar-refractivity contribution in [1.82, 2.24) is 9.55 Å². The van der Waals surface area contributed by atoms with Crippen LogP contribution in [0.15, 0.2) is 48.5 Å². The van der Waals surface area contributed by atoms with E-state index in [1.165, 1.54) is 21.3 Å². The van der Waals surface area contributed by atoms with Gasteiger partial charge >= 0.3 is 5.97 Å². The standard InChI is InChI=1S/C28H28N2O6/c1-16-11-20(17(2)30(16)3)24(31)15-36-28(32)21-14-23(29-22-10-8-7-9-19(21)22)18-12-25(33-4)27(35-6)26(13-18)34-5/h7-14H,15H2,1-6H3. The fraction of sp³-hybridized carbons (Fsp3) is 0.250. The predicted octanol–water partition coefficient (Wildman–Crippen LogP) is 4.92. The highest BCUT2D eigenvalue weighted by Gasteiger charge is 2.21. The molecule has 0 bridgehead atoms. The third kappa shape index (κ3) is 4.49. The van der Waals surface area contributed by atoms with Crippen molar-refractivity contribution >= 4 is 22.7 Å². The summed E-state index contributed by atoms with van der Waals surface area (Å²) in [6.07, 6.45) is 0. The lowest BCUT2D eigenvalue weighted by Crippen LogP contribution is -2.15. The number of fused-ring (bicyclic) bond motifs is 1. The van der Waals surface area contributed by atoms with Crippen LogP contribution in [0.4, 0.5) is 0 Å². The van der Waals surface area contributed by atoms with Crippen molar-refractivity contribution in [2.75, 3.05) is 27.9 Å². The average molecular weight is 489 g/mol. The second kappa shape index (κ2) is 10.1. The molecule has 2 heterocycles. The van der Waals surface area contributed by atoms with Gasteiger partial charge in [0.2, 0.25) is 11.5 Å². The second-order valence-corrected chi connectivity index (χ2v) is 8.33.